The Morgan fingerprint density at radius 1 is 1.19 bits per heavy atom. The molecular weight excluding hydrogens is 352 g/mol. The minimum absolute atomic E-state index is 0.0102. The van der Waals surface area contributed by atoms with Crippen LogP contribution in [0.15, 0.2) is 36.4 Å². The molecule has 1 aliphatic heterocycles. The molecule has 2 unspecified atom stereocenters. The van der Waals surface area contributed by atoms with Crippen molar-refractivity contribution in [3.63, 3.8) is 0 Å². The number of methoxy groups -OCH3 is 2. The van der Waals surface area contributed by atoms with Crippen molar-refractivity contribution in [3.05, 3.63) is 53.1 Å². The smallest absolute Gasteiger partial charge is 0.328 e. The van der Waals surface area contributed by atoms with E-state index in [9.17, 15) is 15.0 Å². The van der Waals surface area contributed by atoms with Gasteiger partial charge in [-0.15, -0.1) is 0 Å². The van der Waals surface area contributed by atoms with Crippen LogP contribution in [0.4, 0.5) is 0 Å². The lowest BCUT2D eigenvalue weighted by Gasteiger charge is -2.18. The van der Waals surface area contributed by atoms with Gasteiger partial charge in [0.15, 0.2) is 23.0 Å². The van der Waals surface area contributed by atoms with E-state index in [0.717, 1.165) is 17.2 Å². The molecule has 2 aromatic rings. The molecule has 2 atom stereocenters. The summed E-state index contributed by atoms with van der Waals surface area (Å²) in [6, 6.07) is 8.32. The van der Waals surface area contributed by atoms with Crippen molar-refractivity contribution in [1.82, 2.24) is 0 Å². The quantitative estimate of drug-likeness (QED) is 0.670. The number of carboxylic acids is 1. The van der Waals surface area contributed by atoms with Gasteiger partial charge in [-0.25, -0.2) is 4.79 Å². The topological polar surface area (TPSA) is 105 Å². The first-order chi connectivity index (χ1) is 13.0. The number of carboxylic acid groups (broad SMARTS) is 1. The summed E-state index contributed by atoms with van der Waals surface area (Å²) in [5.74, 6) is -0.179. The average molecular weight is 372 g/mol. The van der Waals surface area contributed by atoms with Crippen molar-refractivity contribution >= 4 is 12.0 Å². The number of ether oxygens (including phenoxy) is 3. The predicted octanol–water partition coefficient (Wildman–Crippen LogP) is 2.72. The van der Waals surface area contributed by atoms with E-state index in [0.29, 0.717) is 22.8 Å². The number of aliphatic hydroxyl groups excluding tert-OH is 1. The average Bonchev–Trinajstić information content (AvgIpc) is 3.04. The Bertz CT molecular complexity index is 888. The first kappa shape index (κ1) is 18.6. The zero-order valence-electron chi connectivity index (χ0n) is 14.9. The third kappa shape index (κ3) is 3.54. The SMILES string of the molecule is COc1cc(C2Oc3c(OC)cc(/C=C\C(=O)O)cc3C2CO)ccc1O. The number of phenolic OH excluding ortho intramolecular Hbond substituents is 1. The fraction of sp³-hybridized carbons (Fsp3) is 0.250. The minimum atomic E-state index is -1.06. The van der Waals surface area contributed by atoms with Gasteiger partial charge in [-0.05, 0) is 41.5 Å². The molecule has 0 saturated heterocycles. The number of phenols is 1. The molecule has 0 saturated carbocycles. The molecule has 3 rings (SSSR count). The predicted molar refractivity (Wildman–Crippen MR) is 97.5 cm³/mol. The molecule has 0 fully saturated rings. The van der Waals surface area contributed by atoms with Crippen LogP contribution in [-0.4, -0.2) is 42.1 Å². The molecule has 0 bridgehead atoms. The fourth-order valence-electron chi connectivity index (χ4n) is 3.20. The summed E-state index contributed by atoms with van der Waals surface area (Å²) in [4.78, 5) is 10.8. The van der Waals surface area contributed by atoms with Crippen LogP contribution in [0, 0.1) is 0 Å². The number of aliphatic carboxylic acids is 1. The molecule has 3 N–H and O–H groups in total. The highest BCUT2D eigenvalue weighted by Crippen LogP contribution is 2.51. The van der Waals surface area contributed by atoms with E-state index in [-0.39, 0.29) is 18.3 Å². The second-order valence-electron chi connectivity index (χ2n) is 6.07. The number of aromatic hydroxyl groups is 1. The largest absolute Gasteiger partial charge is 0.504 e. The van der Waals surface area contributed by atoms with Crippen LogP contribution in [0.2, 0.25) is 0 Å². The minimum Gasteiger partial charge on any atom is -0.504 e. The van der Waals surface area contributed by atoms with Crippen molar-refractivity contribution < 1.29 is 34.3 Å². The highest BCUT2D eigenvalue weighted by Gasteiger charge is 2.37. The van der Waals surface area contributed by atoms with Gasteiger partial charge >= 0.3 is 5.97 Å². The van der Waals surface area contributed by atoms with E-state index < -0.39 is 12.1 Å². The van der Waals surface area contributed by atoms with Crippen LogP contribution in [0.3, 0.4) is 0 Å². The van der Waals surface area contributed by atoms with Crippen LogP contribution in [0.25, 0.3) is 6.08 Å². The zero-order valence-corrected chi connectivity index (χ0v) is 14.9. The third-order valence-electron chi connectivity index (χ3n) is 4.48. The van der Waals surface area contributed by atoms with Crippen molar-refractivity contribution in [2.75, 3.05) is 20.8 Å². The van der Waals surface area contributed by atoms with E-state index in [2.05, 4.69) is 0 Å². The molecule has 1 aliphatic rings. The Labute approximate surface area is 156 Å². The Morgan fingerprint density at radius 2 is 1.93 bits per heavy atom. The lowest BCUT2D eigenvalue weighted by molar-refractivity contribution is -0.131. The molecule has 0 aromatic heterocycles. The van der Waals surface area contributed by atoms with E-state index in [4.69, 9.17) is 19.3 Å². The number of benzene rings is 2. The second-order valence-corrected chi connectivity index (χ2v) is 6.07. The molecule has 27 heavy (non-hydrogen) atoms. The lowest BCUT2D eigenvalue weighted by Crippen LogP contribution is -2.13. The molecule has 0 radical (unpaired) electrons. The van der Waals surface area contributed by atoms with Crippen molar-refractivity contribution in [3.8, 4) is 23.0 Å². The maximum Gasteiger partial charge on any atom is 0.328 e. The number of rotatable bonds is 6. The van der Waals surface area contributed by atoms with Crippen molar-refractivity contribution in [2.24, 2.45) is 0 Å². The van der Waals surface area contributed by atoms with Crippen LogP contribution in [-0.2, 0) is 4.79 Å². The van der Waals surface area contributed by atoms with Gasteiger partial charge in [-0.3, -0.25) is 0 Å². The first-order valence-corrected chi connectivity index (χ1v) is 8.25. The van der Waals surface area contributed by atoms with Crippen LogP contribution < -0.4 is 14.2 Å². The summed E-state index contributed by atoms with van der Waals surface area (Å²) in [5, 5.41) is 28.6. The third-order valence-corrected chi connectivity index (χ3v) is 4.48. The summed E-state index contributed by atoms with van der Waals surface area (Å²) in [6.07, 6.45) is 1.98. The number of carbonyl (C=O) groups is 1. The van der Waals surface area contributed by atoms with Gasteiger partial charge in [0.1, 0.15) is 6.10 Å². The van der Waals surface area contributed by atoms with Gasteiger partial charge in [0, 0.05) is 11.6 Å². The van der Waals surface area contributed by atoms with Gasteiger partial charge in [0.2, 0.25) is 0 Å². The van der Waals surface area contributed by atoms with E-state index in [1.165, 1.54) is 26.4 Å². The first-order valence-electron chi connectivity index (χ1n) is 8.25. The molecule has 1 heterocycles. The lowest BCUT2D eigenvalue weighted by atomic mass is 9.90. The molecule has 0 aliphatic carbocycles. The Kier molecular flexibility index (Phi) is 5.23. The van der Waals surface area contributed by atoms with Gasteiger partial charge < -0.3 is 29.5 Å². The van der Waals surface area contributed by atoms with E-state index >= 15 is 0 Å². The highest BCUT2D eigenvalue weighted by molar-refractivity contribution is 5.85. The zero-order chi connectivity index (χ0) is 19.6. The number of hydrogen-bond donors (Lipinski definition) is 3. The second kappa shape index (κ2) is 7.59. The Morgan fingerprint density at radius 3 is 2.56 bits per heavy atom. The van der Waals surface area contributed by atoms with Gasteiger partial charge in [0.05, 0.1) is 26.7 Å². The van der Waals surface area contributed by atoms with Gasteiger partial charge in [-0.2, -0.15) is 0 Å². The molecule has 0 spiro atoms. The molecule has 142 valence electrons. The molecule has 7 heteroatoms. The maximum atomic E-state index is 10.8. The molecule has 0 amide bonds. The standard InChI is InChI=1S/C20H20O7/c1-25-16-9-12(4-5-15(16)22)19-14(10-21)13-7-11(3-6-18(23)24)8-17(26-2)20(13)27-19/h3-9,14,19,21-22H,10H2,1-2H3,(H,23,24)/b6-3-. The number of aliphatic hydroxyl groups is 1. The van der Waals surface area contributed by atoms with Crippen LogP contribution in [0.5, 0.6) is 23.0 Å². The number of hydrogen-bond acceptors (Lipinski definition) is 6. The van der Waals surface area contributed by atoms with Crippen molar-refractivity contribution in [2.45, 2.75) is 12.0 Å². The van der Waals surface area contributed by atoms with Crippen LogP contribution in [0.1, 0.15) is 28.7 Å². The van der Waals surface area contributed by atoms with Crippen LogP contribution >= 0.6 is 0 Å². The highest BCUT2D eigenvalue weighted by atomic mass is 16.5. The van der Waals surface area contributed by atoms with E-state index in [1.54, 1.807) is 24.3 Å². The summed E-state index contributed by atoms with van der Waals surface area (Å²) in [7, 11) is 2.95. The maximum absolute atomic E-state index is 10.8. The Hall–Kier alpha value is -3.19. The van der Waals surface area contributed by atoms with E-state index in [1.807, 2.05) is 0 Å². The summed E-state index contributed by atoms with van der Waals surface area (Å²) in [5.41, 5.74) is 2.07. The van der Waals surface area contributed by atoms with Gasteiger partial charge in [-0.1, -0.05) is 6.07 Å². The monoisotopic (exact) mass is 372 g/mol. The van der Waals surface area contributed by atoms with Crippen molar-refractivity contribution in [1.29, 1.82) is 0 Å². The Balaban J connectivity index is 2.04. The molecule has 7 nitrogen and oxygen atoms in total. The summed E-state index contributed by atoms with van der Waals surface area (Å²) >= 11 is 0. The normalized spacial score (nSPS) is 18.2. The van der Waals surface area contributed by atoms with Gasteiger partial charge in [0.25, 0.3) is 0 Å². The molecular formula is C20H20O7. The summed E-state index contributed by atoms with van der Waals surface area (Å²) < 4.78 is 16.6. The molecule has 2 aromatic carbocycles. The number of fused-ring (bicyclic) bond motifs is 1. The fourth-order valence-corrected chi connectivity index (χ4v) is 3.20. The summed E-state index contributed by atoms with van der Waals surface area (Å²) in [6.45, 7) is -0.184.